The second-order valence-electron chi connectivity index (χ2n) is 4.67. The standard InChI is InChI=1S/C13H17N3O4S/c1-15(2)7-8-16(10-13(17)18)21(19,20)12-5-3-11(9-14)4-6-12/h3-6H,7-8,10H2,1-2H3,(H,17,18). The fourth-order valence-corrected chi connectivity index (χ4v) is 2.98. The molecule has 1 aromatic rings. The number of sulfonamides is 1. The van der Waals surface area contributed by atoms with E-state index in [2.05, 4.69) is 0 Å². The highest BCUT2D eigenvalue weighted by molar-refractivity contribution is 7.89. The van der Waals surface area contributed by atoms with Crippen molar-refractivity contribution in [2.24, 2.45) is 0 Å². The Bertz CT molecular complexity index is 632. The number of likely N-dealkylation sites (N-methyl/N-ethyl adjacent to an activating group) is 1. The van der Waals surface area contributed by atoms with Gasteiger partial charge in [0.05, 0.1) is 16.5 Å². The van der Waals surface area contributed by atoms with Gasteiger partial charge in [-0.05, 0) is 38.4 Å². The highest BCUT2D eigenvalue weighted by atomic mass is 32.2. The van der Waals surface area contributed by atoms with E-state index < -0.39 is 22.5 Å². The van der Waals surface area contributed by atoms with Crippen molar-refractivity contribution in [1.82, 2.24) is 9.21 Å². The van der Waals surface area contributed by atoms with Gasteiger partial charge in [-0.25, -0.2) is 8.42 Å². The molecular weight excluding hydrogens is 294 g/mol. The Kier molecular flexibility index (Phi) is 5.84. The molecule has 0 saturated carbocycles. The van der Waals surface area contributed by atoms with Crippen LogP contribution in [0, 0.1) is 11.3 Å². The van der Waals surface area contributed by atoms with Crippen LogP contribution in [0.1, 0.15) is 5.56 Å². The number of carboxylic acids is 1. The molecule has 114 valence electrons. The molecule has 7 nitrogen and oxygen atoms in total. The predicted molar refractivity (Wildman–Crippen MR) is 76.1 cm³/mol. The van der Waals surface area contributed by atoms with E-state index >= 15 is 0 Å². The summed E-state index contributed by atoms with van der Waals surface area (Å²) >= 11 is 0. The molecule has 1 N–H and O–H groups in total. The monoisotopic (exact) mass is 311 g/mol. The zero-order chi connectivity index (χ0) is 16.0. The number of benzene rings is 1. The predicted octanol–water partition coefficient (Wildman–Crippen LogP) is 0.195. The summed E-state index contributed by atoms with van der Waals surface area (Å²) in [6.45, 7) is -0.124. The van der Waals surface area contributed by atoms with E-state index in [9.17, 15) is 13.2 Å². The average Bonchev–Trinajstić information content (AvgIpc) is 2.42. The highest BCUT2D eigenvalue weighted by Crippen LogP contribution is 2.16. The van der Waals surface area contributed by atoms with Gasteiger partial charge in [-0.15, -0.1) is 0 Å². The Morgan fingerprint density at radius 2 is 1.81 bits per heavy atom. The third-order valence-electron chi connectivity index (χ3n) is 2.73. The van der Waals surface area contributed by atoms with Gasteiger partial charge in [-0.2, -0.15) is 9.57 Å². The van der Waals surface area contributed by atoms with Crippen molar-refractivity contribution in [3.63, 3.8) is 0 Å². The molecule has 21 heavy (non-hydrogen) atoms. The number of nitrogens with zero attached hydrogens (tertiary/aromatic N) is 3. The number of hydrogen-bond acceptors (Lipinski definition) is 5. The Morgan fingerprint density at radius 1 is 1.24 bits per heavy atom. The van der Waals surface area contributed by atoms with Crippen LogP contribution in [0.2, 0.25) is 0 Å². The lowest BCUT2D eigenvalue weighted by molar-refractivity contribution is -0.137. The molecule has 0 aromatic heterocycles. The molecule has 0 radical (unpaired) electrons. The van der Waals surface area contributed by atoms with Crippen molar-refractivity contribution in [3.8, 4) is 6.07 Å². The van der Waals surface area contributed by atoms with Crippen LogP contribution in [0.4, 0.5) is 0 Å². The van der Waals surface area contributed by atoms with E-state index in [1.54, 1.807) is 19.0 Å². The molecule has 0 aliphatic heterocycles. The quantitative estimate of drug-likeness (QED) is 0.771. The topological polar surface area (TPSA) is 102 Å². The summed E-state index contributed by atoms with van der Waals surface area (Å²) in [5.74, 6) is -1.22. The van der Waals surface area contributed by atoms with Gasteiger partial charge >= 0.3 is 5.97 Å². The van der Waals surface area contributed by atoms with Crippen molar-refractivity contribution in [3.05, 3.63) is 29.8 Å². The van der Waals surface area contributed by atoms with Crippen molar-refractivity contribution < 1.29 is 18.3 Å². The number of nitriles is 1. The lowest BCUT2D eigenvalue weighted by Gasteiger charge is -2.22. The normalized spacial score (nSPS) is 11.6. The first kappa shape index (κ1) is 17.1. The highest BCUT2D eigenvalue weighted by Gasteiger charge is 2.26. The van der Waals surface area contributed by atoms with E-state index in [4.69, 9.17) is 10.4 Å². The number of rotatable bonds is 7. The molecule has 0 amide bonds. The third kappa shape index (κ3) is 4.82. The van der Waals surface area contributed by atoms with Crippen LogP contribution in [-0.2, 0) is 14.8 Å². The summed E-state index contributed by atoms with van der Waals surface area (Å²) in [5, 5.41) is 17.6. The van der Waals surface area contributed by atoms with Crippen molar-refractivity contribution in [2.75, 3.05) is 33.7 Å². The fourth-order valence-electron chi connectivity index (χ4n) is 1.60. The van der Waals surface area contributed by atoms with Crippen LogP contribution in [0.15, 0.2) is 29.2 Å². The summed E-state index contributed by atoms with van der Waals surface area (Å²) in [5.41, 5.74) is 0.340. The maximum Gasteiger partial charge on any atom is 0.318 e. The molecule has 1 rings (SSSR count). The summed E-state index contributed by atoms with van der Waals surface area (Å²) in [6.07, 6.45) is 0. The van der Waals surface area contributed by atoms with Crippen LogP contribution in [-0.4, -0.2) is 62.4 Å². The second kappa shape index (κ2) is 7.17. The van der Waals surface area contributed by atoms with Gasteiger partial charge in [0.2, 0.25) is 10.0 Å². The molecule has 0 bridgehead atoms. The first-order valence-electron chi connectivity index (χ1n) is 6.14. The maximum atomic E-state index is 12.4. The van der Waals surface area contributed by atoms with Gasteiger partial charge in [0.25, 0.3) is 0 Å². The van der Waals surface area contributed by atoms with E-state index in [0.29, 0.717) is 12.1 Å². The smallest absolute Gasteiger partial charge is 0.318 e. The Morgan fingerprint density at radius 3 is 2.24 bits per heavy atom. The van der Waals surface area contributed by atoms with E-state index in [-0.39, 0.29) is 11.4 Å². The van der Waals surface area contributed by atoms with Gasteiger partial charge in [0, 0.05) is 13.1 Å². The molecule has 0 aliphatic rings. The molecule has 0 fully saturated rings. The van der Waals surface area contributed by atoms with Gasteiger partial charge in [0.15, 0.2) is 0 Å². The fraction of sp³-hybridized carbons (Fsp3) is 0.385. The van der Waals surface area contributed by atoms with Crippen molar-refractivity contribution >= 4 is 16.0 Å². The van der Waals surface area contributed by atoms with E-state index in [1.807, 2.05) is 6.07 Å². The van der Waals surface area contributed by atoms with Crippen LogP contribution < -0.4 is 0 Å². The minimum atomic E-state index is -3.90. The zero-order valence-corrected chi connectivity index (χ0v) is 12.7. The molecule has 8 heteroatoms. The minimum Gasteiger partial charge on any atom is -0.480 e. The summed E-state index contributed by atoms with van der Waals surface area (Å²) in [7, 11) is -0.358. The molecule has 0 aliphatic carbocycles. The SMILES string of the molecule is CN(C)CCN(CC(=O)O)S(=O)(=O)c1ccc(C#N)cc1. The van der Waals surface area contributed by atoms with Gasteiger partial charge in [-0.1, -0.05) is 0 Å². The van der Waals surface area contributed by atoms with Gasteiger partial charge in [0.1, 0.15) is 6.54 Å². The van der Waals surface area contributed by atoms with Crippen LogP contribution in [0.5, 0.6) is 0 Å². The molecule has 1 aromatic carbocycles. The van der Waals surface area contributed by atoms with E-state index in [0.717, 1.165) is 4.31 Å². The van der Waals surface area contributed by atoms with E-state index in [1.165, 1.54) is 24.3 Å². The first-order valence-corrected chi connectivity index (χ1v) is 7.58. The Hall–Kier alpha value is -1.95. The molecular formula is C13H17N3O4S. The average molecular weight is 311 g/mol. The number of hydrogen-bond donors (Lipinski definition) is 1. The molecule has 0 atom stereocenters. The Labute approximate surface area is 124 Å². The number of carboxylic acid groups (broad SMARTS) is 1. The summed E-state index contributed by atoms with van der Waals surface area (Å²) < 4.78 is 25.8. The molecule has 0 heterocycles. The van der Waals surface area contributed by atoms with Gasteiger partial charge < -0.3 is 10.0 Å². The molecule has 0 saturated heterocycles. The molecule has 0 spiro atoms. The molecule has 0 unspecified atom stereocenters. The second-order valence-corrected chi connectivity index (χ2v) is 6.61. The van der Waals surface area contributed by atoms with Crippen molar-refractivity contribution in [2.45, 2.75) is 4.90 Å². The first-order chi connectivity index (χ1) is 9.77. The van der Waals surface area contributed by atoms with Crippen LogP contribution >= 0.6 is 0 Å². The summed E-state index contributed by atoms with van der Waals surface area (Å²) in [6, 6.07) is 7.28. The lowest BCUT2D eigenvalue weighted by atomic mass is 10.2. The van der Waals surface area contributed by atoms with Crippen LogP contribution in [0.3, 0.4) is 0 Å². The lowest BCUT2D eigenvalue weighted by Crippen LogP contribution is -2.39. The third-order valence-corrected chi connectivity index (χ3v) is 4.59. The minimum absolute atomic E-state index is 0.0264. The van der Waals surface area contributed by atoms with Gasteiger partial charge in [-0.3, -0.25) is 4.79 Å². The van der Waals surface area contributed by atoms with Crippen LogP contribution in [0.25, 0.3) is 0 Å². The largest absolute Gasteiger partial charge is 0.480 e. The summed E-state index contributed by atoms with van der Waals surface area (Å²) in [4.78, 5) is 12.6. The number of aliphatic carboxylic acids is 1. The zero-order valence-electron chi connectivity index (χ0n) is 11.9. The Balaban J connectivity index is 3.07. The number of carbonyl (C=O) groups is 1. The maximum absolute atomic E-state index is 12.4. The van der Waals surface area contributed by atoms with Crippen molar-refractivity contribution in [1.29, 1.82) is 5.26 Å².